The summed E-state index contributed by atoms with van der Waals surface area (Å²) < 4.78 is 0. The van der Waals surface area contributed by atoms with Crippen molar-refractivity contribution in [2.45, 2.75) is 43.4 Å². The second kappa shape index (κ2) is 5.50. The maximum Gasteiger partial charge on any atom is 0.321 e. The monoisotopic (exact) mass is 203 g/mol. The van der Waals surface area contributed by atoms with Crippen molar-refractivity contribution in [1.82, 2.24) is 0 Å². The fourth-order valence-electron chi connectivity index (χ4n) is 1.54. The van der Waals surface area contributed by atoms with Gasteiger partial charge in [-0.3, -0.25) is 4.79 Å². The zero-order valence-corrected chi connectivity index (χ0v) is 8.55. The normalized spacial score (nSPS) is 21.3. The molecule has 76 valence electrons. The van der Waals surface area contributed by atoms with Crippen molar-refractivity contribution in [3.8, 4) is 0 Å². The third-order valence-corrected chi connectivity index (χ3v) is 3.88. The van der Waals surface area contributed by atoms with Crippen LogP contribution < -0.4 is 5.73 Å². The summed E-state index contributed by atoms with van der Waals surface area (Å²) in [5, 5.41) is 9.23. The van der Waals surface area contributed by atoms with Crippen molar-refractivity contribution in [2.24, 2.45) is 5.73 Å². The van der Waals surface area contributed by atoms with Gasteiger partial charge in [-0.1, -0.05) is 19.3 Å². The van der Waals surface area contributed by atoms with Gasteiger partial charge in [-0.15, -0.1) is 0 Å². The molecule has 0 saturated heterocycles. The Kier molecular flexibility index (Phi) is 4.59. The number of hydrogen-bond acceptors (Lipinski definition) is 3. The molecule has 0 amide bonds. The van der Waals surface area contributed by atoms with Crippen LogP contribution in [-0.2, 0) is 4.79 Å². The maximum atomic E-state index is 10.4. The minimum Gasteiger partial charge on any atom is -0.480 e. The molecule has 1 rings (SSSR count). The van der Waals surface area contributed by atoms with Crippen molar-refractivity contribution in [3.05, 3.63) is 0 Å². The zero-order valence-electron chi connectivity index (χ0n) is 7.74. The van der Waals surface area contributed by atoms with E-state index in [-0.39, 0.29) is 0 Å². The zero-order chi connectivity index (χ0) is 9.68. The Balaban J connectivity index is 2.13. The molecule has 0 heterocycles. The first-order chi connectivity index (χ1) is 6.20. The van der Waals surface area contributed by atoms with E-state index in [0.29, 0.717) is 11.0 Å². The van der Waals surface area contributed by atoms with Crippen molar-refractivity contribution >= 4 is 17.7 Å². The predicted molar refractivity (Wildman–Crippen MR) is 54.9 cm³/mol. The highest BCUT2D eigenvalue weighted by molar-refractivity contribution is 7.99. The molecule has 0 aromatic heterocycles. The van der Waals surface area contributed by atoms with E-state index in [0.717, 1.165) is 0 Å². The van der Waals surface area contributed by atoms with Gasteiger partial charge in [0.2, 0.25) is 0 Å². The summed E-state index contributed by atoms with van der Waals surface area (Å²) in [7, 11) is 0. The summed E-state index contributed by atoms with van der Waals surface area (Å²) in [6, 6.07) is -0.688. The molecule has 0 radical (unpaired) electrons. The van der Waals surface area contributed by atoms with Crippen LogP contribution in [0.15, 0.2) is 0 Å². The van der Waals surface area contributed by atoms with E-state index in [1.54, 1.807) is 11.8 Å². The van der Waals surface area contributed by atoms with Crippen LogP contribution in [0.4, 0.5) is 0 Å². The number of carbonyl (C=O) groups is 1. The van der Waals surface area contributed by atoms with Crippen molar-refractivity contribution in [1.29, 1.82) is 0 Å². The summed E-state index contributed by atoms with van der Waals surface area (Å²) >= 11 is 1.73. The van der Waals surface area contributed by atoms with E-state index < -0.39 is 12.0 Å². The van der Waals surface area contributed by atoms with Crippen LogP contribution in [0, 0.1) is 0 Å². The maximum absolute atomic E-state index is 10.4. The summed E-state index contributed by atoms with van der Waals surface area (Å²) in [5.41, 5.74) is 5.41. The lowest BCUT2D eigenvalue weighted by Crippen LogP contribution is -2.33. The second-order valence-electron chi connectivity index (χ2n) is 3.54. The van der Waals surface area contributed by atoms with Gasteiger partial charge in [0.1, 0.15) is 6.04 Å². The van der Waals surface area contributed by atoms with Crippen molar-refractivity contribution < 1.29 is 9.90 Å². The number of carboxylic acid groups (broad SMARTS) is 1. The highest BCUT2D eigenvalue weighted by atomic mass is 32.2. The first kappa shape index (κ1) is 10.9. The molecule has 1 atom stereocenters. The Morgan fingerprint density at radius 3 is 2.62 bits per heavy atom. The first-order valence-corrected chi connectivity index (χ1v) is 5.85. The Bertz CT molecular complexity index is 169. The van der Waals surface area contributed by atoms with Gasteiger partial charge in [-0.05, 0) is 12.8 Å². The molecule has 4 heteroatoms. The van der Waals surface area contributed by atoms with Gasteiger partial charge >= 0.3 is 5.97 Å². The standard InChI is InChI=1S/C9H17NO2S/c10-8(9(11)12)6-13-7-4-2-1-3-5-7/h7-8H,1-6,10H2,(H,11,12)/t8-/m0/s1. The molecule has 0 aromatic carbocycles. The summed E-state index contributed by atoms with van der Waals surface area (Å²) in [5.74, 6) is -0.330. The minimum absolute atomic E-state index is 0.556. The van der Waals surface area contributed by atoms with E-state index in [4.69, 9.17) is 10.8 Å². The smallest absolute Gasteiger partial charge is 0.321 e. The highest BCUT2D eigenvalue weighted by Gasteiger charge is 2.17. The average molecular weight is 203 g/mol. The third-order valence-electron chi connectivity index (χ3n) is 2.38. The van der Waals surface area contributed by atoms with Crippen LogP contribution in [0.5, 0.6) is 0 Å². The molecule has 0 unspecified atom stereocenters. The fraction of sp³-hybridized carbons (Fsp3) is 0.889. The van der Waals surface area contributed by atoms with E-state index in [1.165, 1.54) is 32.1 Å². The molecule has 3 nitrogen and oxygen atoms in total. The van der Waals surface area contributed by atoms with Crippen LogP contribution in [-0.4, -0.2) is 28.1 Å². The van der Waals surface area contributed by atoms with Gasteiger partial charge < -0.3 is 10.8 Å². The molecule has 1 fully saturated rings. The highest BCUT2D eigenvalue weighted by Crippen LogP contribution is 2.28. The summed E-state index contributed by atoms with van der Waals surface area (Å²) in [4.78, 5) is 10.4. The first-order valence-electron chi connectivity index (χ1n) is 4.80. The van der Waals surface area contributed by atoms with Gasteiger partial charge in [0.15, 0.2) is 0 Å². The molecule has 0 bridgehead atoms. The predicted octanol–water partition coefficient (Wildman–Crippen LogP) is 1.46. The fourth-order valence-corrected chi connectivity index (χ4v) is 2.83. The Hall–Kier alpha value is -0.220. The summed E-state index contributed by atoms with van der Waals surface area (Å²) in [6.45, 7) is 0. The number of nitrogens with two attached hydrogens (primary N) is 1. The topological polar surface area (TPSA) is 63.3 Å². The van der Waals surface area contributed by atoms with E-state index in [1.807, 2.05) is 0 Å². The second-order valence-corrected chi connectivity index (χ2v) is 4.87. The van der Waals surface area contributed by atoms with Gasteiger partial charge in [-0.2, -0.15) is 11.8 Å². The Morgan fingerprint density at radius 2 is 2.08 bits per heavy atom. The van der Waals surface area contributed by atoms with Crippen molar-refractivity contribution in [2.75, 3.05) is 5.75 Å². The molecule has 13 heavy (non-hydrogen) atoms. The number of thioether (sulfide) groups is 1. The van der Waals surface area contributed by atoms with Crippen LogP contribution in [0.2, 0.25) is 0 Å². The SMILES string of the molecule is N[C@@H](CSC1CCCCC1)C(=O)O. The van der Waals surface area contributed by atoms with Gasteiger partial charge in [0, 0.05) is 11.0 Å². The average Bonchev–Trinajstić information content (AvgIpc) is 2.15. The Morgan fingerprint density at radius 1 is 1.46 bits per heavy atom. The van der Waals surface area contributed by atoms with E-state index in [2.05, 4.69) is 0 Å². The molecule has 0 aliphatic heterocycles. The quantitative estimate of drug-likeness (QED) is 0.726. The molecule has 0 spiro atoms. The molecule has 1 aliphatic rings. The lowest BCUT2D eigenvalue weighted by atomic mass is 10.0. The lowest BCUT2D eigenvalue weighted by Gasteiger charge is -2.21. The molecule has 0 aromatic rings. The number of rotatable bonds is 4. The number of aliphatic carboxylic acids is 1. The van der Waals surface area contributed by atoms with Crippen molar-refractivity contribution in [3.63, 3.8) is 0 Å². The Labute approximate surface area is 83.1 Å². The minimum atomic E-state index is -0.886. The largest absolute Gasteiger partial charge is 0.480 e. The van der Waals surface area contributed by atoms with Crippen LogP contribution in [0.3, 0.4) is 0 Å². The van der Waals surface area contributed by atoms with Gasteiger partial charge in [0.05, 0.1) is 0 Å². The van der Waals surface area contributed by atoms with Gasteiger partial charge in [-0.25, -0.2) is 0 Å². The molecule has 3 N–H and O–H groups in total. The van der Waals surface area contributed by atoms with Gasteiger partial charge in [0.25, 0.3) is 0 Å². The molecule has 1 saturated carbocycles. The molecule has 1 aliphatic carbocycles. The number of hydrogen-bond donors (Lipinski definition) is 2. The lowest BCUT2D eigenvalue weighted by molar-refractivity contribution is -0.137. The van der Waals surface area contributed by atoms with E-state index in [9.17, 15) is 4.79 Å². The van der Waals surface area contributed by atoms with Crippen LogP contribution in [0.25, 0.3) is 0 Å². The third kappa shape index (κ3) is 4.00. The summed E-state index contributed by atoms with van der Waals surface area (Å²) in [6.07, 6.45) is 6.38. The van der Waals surface area contributed by atoms with E-state index >= 15 is 0 Å². The van der Waals surface area contributed by atoms with Crippen LogP contribution in [0.1, 0.15) is 32.1 Å². The molecular formula is C9H17NO2S. The number of carboxylic acids is 1. The molecular weight excluding hydrogens is 186 g/mol. The van der Waals surface area contributed by atoms with Crippen LogP contribution >= 0.6 is 11.8 Å².